The van der Waals surface area contributed by atoms with Crippen molar-refractivity contribution < 1.29 is 9.53 Å². The fraction of sp³-hybridized carbons (Fsp3) is 0.417. The summed E-state index contributed by atoms with van der Waals surface area (Å²) in [4.78, 5) is 12.6. The molecule has 0 unspecified atom stereocenters. The van der Waals surface area contributed by atoms with Gasteiger partial charge in [0.1, 0.15) is 11.1 Å². The molecule has 2 heterocycles. The SMILES string of the molecule is COC(=O)[C@H](C)Sc1nnc(Cc2cccs2)n1C. The average Bonchev–Trinajstić information content (AvgIpc) is 3.02. The predicted octanol–water partition coefficient (Wildman–Crippen LogP) is 2.12. The molecule has 0 saturated carbocycles. The maximum atomic E-state index is 11.4. The van der Waals surface area contributed by atoms with Gasteiger partial charge in [0.2, 0.25) is 0 Å². The summed E-state index contributed by atoms with van der Waals surface area (Å²) in [7, 11) is 3.30. The molecule has 0 bridgehead atoms. The first-order valence-corrected chi connectivity index (χ1v) is 7.53. The zero-order valence-corrected chi connectivity index (χ0v) is 12.6. The van der Waals surface area contributed by atoms with E-state index in [4.69, 9.17) is 4.74 Å². The first-order valence-electron chi connectivity index (χ1n) is 5.77. The Kier molecular flexibility index (Phi) is 4.60. The molecule has 0 aromatic carbocycles. The van der Waals surface area contributed by atoms with Crippen LogP contribution in [-0.4, -0.2) is 33.1 Å². The van der Waals surface area contributed by atoms with Crippen molar-refractivity contribution in [2.45, 2.75) is 23.8 Å². The lowest BCUT2D eigenvalue weighted by atomic mass is 10.3. The molecule has 0 spiro atoms. The molecule has 2 aromatic heterocycles. The van der Waals surface area contributed by atoms with E-state index in [-0.39, 0.29) is 11.2 Å². The maximum absolute atomic E-state index is 11.4. The number of thioether (sulfide) groups is 1. The second kappa shape index (κ2) is 6.21. The van der Waals surface area contributed by atoms with Crippen LogP contribution in [0, 0.1) is 0 Å². The highest BCUT2D eigenvalue weighted by atomic mass is 32.2. The zero-order chi connectivity index (χ0) is 13.8. The molecule has 0 aliphatic heterocycles. The van der Waals surface area contributed by atoms with E-state index >= 15 is 0 Å². The van der Waals surface area contributed by atoms with E-state index in [2.05, 4.69) is 16.3 Å². The van der Waals surface area contributed by atoms with Gasteiger partial charge in [-0.1, -0.05) is 17.8 Å². The van der Waals surface area contributed by atoms with Crippen molar-refractivity contribution in [2.24, 2.45) is 7.05 Å². The third kappa shape index (κ3) is 3.36. The lowest BCUT2D eigenvalue weighted by molar-refractivity contribution is -0.139. The van der Waals surface area contributed by atoms with Crippen LogP contribution in [0.1, 0.15) is 17.6 Å². The number of thiophene rings is 1. The molecule has 2 aromatic rings. The molecular weight excluding hydrogens is 282 g/mol. The summed E-state index contributed by atoms with van der Waals surface area (Å²) in [6.45, 7) is 1.80. The van der Waals surface area contributed by atoms with E-state index in [0.717, 1.165) is 17.4 Å². The molecule has 0 amide bonds. The number of esters is 1. The molecule has 0 aliphatic carbocycles. The summed E-state index contributed by atoms with van der Waals surface area (Å²) in [6.07, 6.45) is 0.758. The van der Waals surface area contributed by atoms with Crippen LogP contribution in [0.3, 0.4) is 0 Å². The highest BCUT2D eigenvalue weighted by Gasteiger charge is 2.19. The first-order chi connectivity index (χ1) is 9.11. The number of hydrogen-bond donors (Lipinski definition) is 0. The van der Waals surface area contributed by atoms with Crippen molar-refractivity contribution in [1.82, 2.24) is 14.8 Å². The largest absolute Gasteiger partial charge is 0.468 e. The molecule has 19 heavy (non-hydrogen) atoms. The van der Waals surface area contributed by atoms with Gasteiger partial charge in [-0.2, -0.15) is 0 Å². The molecule has 0 saturated heterocycles. The smallest absolute Gasteiger partial charge is 0.318 e. The molecule has 102 valence electrons. The van der Waals surface area contributed by atoms with Crippen LogP contribution >= 0.6 is 23.1 Å². The standard InChI is InChI=1S/C12H15N3O2S2/c1-8(11(16)17-3)19-12-14-13-10(15(12)2)7-9-5-4-6-18-9/h4-6,8H,7H2,1-3H3/t8-/m0/s1. The van der Waals surface area contributed by atoms with E-state index in [0.29, 0.717) is 0 Å². The van der Waals surface area contributed by atoms with Gasteiger partial charge in [0, 0.05) is 18.3 Å². The topological polar surface area (TPSA) is 57.0 Å². The van der Waals surface area contributed by atoms with Crippen LogP contribution in [0.5, 0.6) is 0 Å². The number of aromatic nitrogens is 3. The Balaban J connectivity index is 2.08. The quantitative estimate of drug-likeness (QED) is 0.625. The number of rotatable bonds is 5. The van der Waals surface area contributed by atoms with Crippen molar-refractivity contribution in [1.29, 1.82) is 0 Å². The average molecular weight is 297 g/mol. The minimum atomic E-state index is -0.289. The van der Waals surface area contributed by atoms with E-state index < -0.39 is 0 Å². The second-order valence-corrected chi connectivity index (χ2v) is 6.34. The third-order valence-corrected chi connectivity index (χ3v) is 4.64. The number of hydrogen-bond acceptors (Lipinski definition) is 6. The van der Waals surface area contributed by atoms with Crippen LogP contribution in [0.4, 0.5) is 0 Å². The fourth-order valence-electron chi connectivity index (χ4n) is 1.54. The number of nitrogens with zero attached hydrogens (tertiary/aromatic N) is 3. The summed E-state index contributed by atoms with van der Waals surface area (Å²) in [5, 5.41) is 10.8. The second-order valence-electron chi connectivity index (χ2n) is 4.00. The van der Waals surface area contributed by atoms with Gasteiger partial charge in [-0.05, 0) is 18.4 Å². The van der Waals surface area contributed by atoms with Crippen LogP contribution in [0.15, 0.2) is 22.7 Å². The fourth-order valence-corrected chi connectivity index (χ4v) is 3.10. The highest BCUT2D eigenvalue weighted by Crippen LogP contribution is 2.23. The summed E-state index contributed by atoms with van der Waals surface area (Å²) in [5.74, 6) is 0.634. The molecule has 0 radical (unpaired) electrons. The van der Waals surface area contributed by atoms with Gasteiger partial charge in [0.05, 0.1) is 7.11 Å². The van der Waals surface area contributed by atoms with Gasteiger partial charge in [0.15, 0.2) is 5.16 Å². The molecule has 1 atom stereocenters. The predicted molar refractivity (Wildman–Crippen MR) is 75.5 cm³/mol. The normalized spacial score (nSPS) is 12.4. The summed E-state index contributed by atoms with van der Waals surface area (Å²) in [5.41, 5.74) is 0. The molecule has 0 aliphatic rings. The molecular formula is C12H15N3O2S2. The lowest BCUT2D eigenvalue weighted by Crippen LogP contribution is -2.15. The molecule has 2 rings (SSSR count). The van der Waals surface area contributed by atoms with Crippen LogP contribution < -0.4 is 0 Å². The minimum absolute atomic E-state index is 0.257. The van der Waals surface area contributed by atoms with E-state index in [1.807, 2.05) is 23.1 Å². The van der Waals surface area contributed by atoms with Crippen LogP contribution in [0.25, 0.3) is 0 Å². The Bertz CT molecular complexity index is 551. The molecule has 0 N–H and O–H groups in total. The van der Waals surface area contributed by atoms with Crippen LogP contribution in [-0.2, 0) is 23.0 Å². The minimum Gasteiger partial charge on any atom is -0.468 e. The van der Waals surface area contributed by atoms with Crippen molar-refractivity contribution >= 4 is 29.1 Å². The Morgan fingerprint density at radius 2 is 2.37 bits per heavy atom. The van der Waals surface area contributed by atoms with Crippen molar-refractivity contribution in [3.05, 3.63) is 28.2 Å². The van der Waals surface area contributed by atoms with Gasteiger partial charge in [-0.15, -0.1) is 21.5 Å². The van der Waals surface area contributed by atoms with Crippen molar-refractivity contribution in [3.8, 4) is 0 Å². The van der Waals surface area contributed by atoms with Gasteiger partial charge >= 0.3 is 5.97 Å². The van der Waals surface area contributed by atoms with Crippen molar-refractivity contribution in [3.63, 3.8) is 0 Å². The Labute approximate surface area is 120 Å². The summed E-state index contributed by atoms with van der Waals surface area (Å²) < 4.78 is 6.62. The Hall–Kier alpha value is -1.34. The molecule has 0 fully saturated rings. The summed E-state index contributed by atoms with van der Waals surface area (Å²) in [6, 6.07) is 4.09. The zero-order valence-electron chi connectivity index (χ0n) is 11.0. The van der Waals surface area contributed by atoms with E-state index in [1.54, 1.807) is 18.3 Å². The van der Waals surface area contributed by atoms with E-state index in [1.165, 1.54) is 23.7 Å². The number of methoxy groups -OCH3 is 1. The number of carbonyl (C=O) groups is 1. The number of ether oxygens (including phenoxy) is 1. The third-order valence-electron chi connectivity index (χ3n) is 2.65. The van der Waals surface area contributed by atoms with Gasteiger partial charge in [-0.25, -0.2) is 0 Å². The molecule has 7 heteroatoms. The maximum Gasteiger partial charge on any atom is 0.318 e. The van der Waals surface area contributed by atoms with Gasteiger partial charge < -0.3 is 9.30 Å². The highest BCUT2D eigenvalue weighted by molar-refractivity contribution is 8.00. The van der Waals surface area contributed by atoms with E-state index in [9.17, 15) is 4.79 Å². The first kappa shape index (κ1) is 14.1. The number of carbonyl (C=O) groups excluding carboxylic acids is 1. The summed E-state index contributed by atoms with van der Waals surface area (Å²) >= 11 is 3.05. The van der Waals surface area contributed by atoms with Crippen molar-refractivity contribution in [2.75, 3.05) is 7.11 Å². The molecule has 5 nitrogen and oxygen atoms in total. The Morgan fingerprint density at radius 3 is 3.00 bits per heavy atom. The monoisotopic (exact) mass is 297 g/mol. The Morgan fingerprint density at radius 1 is 1.58 bits per heavy atom. The lowest BCUT2D eigenvalue weighted by Gasteiger charge is -2.08. The van der Waals surface area contributed by atoms with Gasteiger partial charge in [-0.3, -0.25) is 4.79 Å². The van der Waals surface area contributed by atoms with Gasteiger partial charge in [0.25, 0.3) is 0 Å². The van der Waals surface area contributed by atoms with Crippen LogP contribution in [0.2, 0.25) is 0 Å².